The minimum absolute atomic E-state index is 0.0404. The number of anilines is 1. The van der Waals surface area contributed by atoms with Crippen molar-refractivity contribution in [2.45, 2.75) is 42.2 Å². The van der Waals surface area contributed by atoms with Gasteiger partial charge in [-0.05, 0) is 54.8 Å². The molecular weight excluding hydrogens is 722 g/mol. The first-order valence-electron chi connectivity index (χ1n) is 14.5. The van der Waals surface area contributed by atoms with Crippen LogP contribution in [0.2, 0.25) is 20.1 Å². The van der Waals surface area contributed by atoms with E-state index < -0.39 is 39.4 Å². The monoisotopic (exact) mass is 748 g/mol. The fourth-order valence-electron chi connectivity index (χ4n) is 5.67. The normalized spacial score (nSPS) is 18.6. The molecule has 1 aliphatic heterocycles. The van der Waals surface area contributed by atoms with Gasteiger partial charge in [-0.2, -0.15) is 4.31 Å². The maximum Gasteiger partial charge on any atom is 0.326 e. The number of hydrogen-bond donors (Lipinski definition) is 3. The third-order valence-electron chi connectivity index (χ3n) is 8.10. The molecule has 1 aliphatic rings. The Hall–Kier alpha value is -3.71. The second-order valence-corrected chi connectivity index (χ2v) is 15.0. The van der Waals surface area contributed by atoms with Crippen LogP contribution in [0.25, 0.3) is 0 Å². The van der Waals surface area contributed by atoms with Crippen molar-refractivity contribution in [3.05, 3.63) is 122 Å². The largest absolute Gasteiger partial charge is 0.480 e. The molecule has 4 aromatic rings. The van der Waals surface area contributed by atoms with Crippen LogP contribution in [0.15, 0.2) is 90.1 Å². The van der Waals surface area contributed by atoms with E-state index in [-0.39, 0.29) is 55.9 Å². The molecule has 0 spiro atoms. The molecule has 1 aromatic heterocycles. The Bertz CT molecular complexity index is 1940. The highest BCUT2D eigenvalue weighted by molar-refractivity contribution is 7.89. The molecule has 0 radical (unpaired) electrons. The number of hydrogen-bond acceptors (Lipinski definition) is 6. The SMILES string of the molecule is CC1(C(=O)NC(Cc2ccc(NC(=O)c3c(Cl)cncc3Cl)cc2)C(=O)O)CC(c2ccccc2)CN1S(=O)(=O)c1cc(Cl)cc(Cl)c1. The molecule has 3 N–H and O–H groups in total. The summed E-state index contributed by atoms with van der Waals surface area (Å²) in [5.41, 5.74) is 0.114. The maximum absolute atomic E-state index is 14.0. The molecule has 2 amide bonds. The lowest BCUT2D eigenvalue weighted by atomic mass is 9.89. The van der Waals surface area contributed by atoms with Crippen LogP contribution in [0.1, 0.15) is 40.7 Å². The van der Waals surface area contributed by atoms with Gasteiger partial charge in [0.15, 0.2) is 0 Å². The van der Waals surface area contributed by atoms with Crippen molar-refractivity contribution in [1.29, 1.82) is 0 Å². The van der Waals surface area contributed by atoms with E-state index in [1.54, 1.807) is 24.3 Å². The Kier molecular flexibility index (Phi) is 10.7. The Labute approximate surface area is 297 Å². The molecule has 0 saturated carbocycles. The van der Waals surface area contributed by atoms with Crippen molar-refractivity contribution in [2.75, 3.05) is 11.9 Å². The molecule has 2 heterocycles. The second kappa shape index (κ2) is 14.4. The van der Waals surface area contributed by atoms with Gasteiger partial charge in [-0.1, -0.05) is 88.9 Å². The van der Waals surface area contributed by atoms with Gasteiger partial charge in [0.25, 0.3) is 5.91 Å². The summed E-state index contributed by atoms with van der Waals surface area (Å²) in [4.78, 5) is 42.8. The van der Waals surface area contributed by atoms with Gasteiger partial charge in [0, 0.05) is 47.0 Å². The third-order valence-corrected chi connectivity index (χ3v) is 11.1. The zero-order valence-electron chi connectivity index (χ0n) is 25.2. The van der Waals surface area contributed by atoms with Crippen LogP contribution in [-0.4, -0.2) is 58.7 Å². The topological polar surface area (TPSA) is 146 Å². The van der Waals surface area contributed by atoms with Crippen LogP contribution in [0.5, 0.6) is 0 Å². The summed E-state index contributed by atoms with van der Waals surface area (Å²) in [5.74, 6) is -3.02. The number of carbonyl (C=O) groups is 3. The molecule has 5 rings (SSSR count). The molecule has 3 unspecified atom stereocenters. The molecule has 15 heteroatoms. The number of nitrogens with zero attached hydrogens (tertiary/aromatic N) is 2. The van der Waals surface area contributed by atoms with Gasteiger partial charge in [0.05, 0.1) is 20.5 Å². The number of amides is 2. The first-order valence-corrected chi connectivity index (χ1v) is 17.4. The van der Waals surface area contributed by atoms with Crippen LogP contribution in [-0.2, 0) is 26.0 Å². The maximum atomic E-state index is 14.0. The lowest BCUT2D eigenvalue weighted by Gasteiger charge is -2.34. The quantitative estimate of drug-likeness (QED) is 0.164. The predicted molar refractivity (Wildman–Crippen MR) is 184 cm³/mol. The molecule has 1 fully saturated rings. The predicted octanol–water partition coefficient (Wildman–Crippen LogP) is 6.70. The number of benzene rings is 3. The van der Waals surface area contributed by atoms with Gasteiger partial charge < -0.3 is 15.7 Å². The van der Waals surface area contributed by atoms with E-state index >= 15 is 0 Å². The molecule has 3 aromatic carbocycles. The van der Waals surface area contributed by atoms with E-state index in [4.69, 9.17) is 46.4 Å². The van der Waals surface area contributed by atoms with E-state index in [1.807, 2.05) is 30.3 Å². The Morgan fingerprint density at radius 2 is 1.56 bits per heavy atom. The lowest BCUT2D eigenvalue weighted by molar-refractivity contribution is -0.143. The smallest absolute Gasteiger partial charge is 0.326 e. The number of aromatic nitrogens is 1. The summed E-state index contributed by atoms with van der Waals surface area (Å²) < 4.78 is 29.2. The number of sulfonamides is 1. The van der Waals surface area contributed by atoms with Crippen LogP contribution >= 0.6 is 46.4 Å². The van der Waals surface area contributed by atoms with E-state index in [9.17, 15) is 27.9 Å². The zero-order chi connectivity index (χ0) is 34.8. The Balaban J connectivity index is 1.37. The summed E-state index contributed by atoms with van der Waals surface area (Å²) in [6, 6.07) is 18.0. The summed E-state index contributed by atoms with van der Waals surface area (Å²) in [6.45, 7) is 1.44. The van der Waals surface area contributed by atoms with Crippen molar-refractivity contribution in [3.8, 4) is 0 Å². The summed E-state index contributed by atoms with van der Waals surface area (Å²) in [6.07, 6.45) is 2.54. The second-order valence-electron chi connectivity index (χ2n) is 11.4. The first-order chi connectivity index (χ1) is 22.7. The molecule has 0 aliphatic carbocycles. The summed E-state index contributed by atoms with van der Waals surface area (Å²) in [5, 5.41) is 15.7. The van der Waals surface area contributed by atoms with Crippen LogP contribution in [0.3, 0.4) is 0 Å². The highest BCUT2D eigenvalue weighted by atomic mass is 35.5. The fraction of sp³-hybridized carbons (Fsp3) is 0.212. The van der Waals surface area contributed by atoms with Crippen LogP contribution in [0, 0.1) is 0 Å². The van der Waals surface area contributed by atoms with Crippen molar-refractivity contribution in [3.63, 3.8) is 0 Å². The average molecular weight is 750 g/mol. The zero-order valence-corrected chi connectivity index (χ0v) is 29.0. The standard InChI is InChI=1S/C33H28Cl4N4O6S/c1-33(15-21(20-5-3-2-4-6-20)18-41(33)48(46,47)25-13-22(34)12-23(35)14-25)32(45)40-28(31(43)44)11-19-7-9-24(10-8-19)39-30(42)29-26(36)16-38-17-27(29)37/h2-10,12-14,16-17,21,28H,11,15,18H2,1H3,(H,39,42)(H,40,45)(H,43,44). The number of carboxylic acids is 1. The van der Waals surface area contributed by atoms with Gasteiger partial charge in [-0.15, -0.1) is 0 Å². The minimum atomic E-state index is -4.33. The summed E-state index contributed by atoms with van der Waals surface area (Å²) >= 11 is 24.4. The number of rotatable bonds is 10. The number of carboxylic acid groups (broad SMARTS) is 1. The number of aliphatic carboxylic acids is 1. The highest BCUT2D eigenvalue weighted by Crippen LogP contribution is 2.43. The Morgan fingerprint density at radius 3 is 2.15 bits per heavy atom. The van der Waals surface area contributed by atoms with Gasteiger partial charge in [0.1, 0.15) is 11.6 Å². The van der Waals surface area contributed by atoms with E-state index in [2.05, 4.69) is 15.6 Å². The van der Waals surface area contributed by atoms with Gasteiger partial charge in [-0.3, -0.25) is 14.6 Å². The van der Waals surface area contributed by atoms with Crippen molar-refractivity contribution < 1.29 is 27.9 Å². The van der Waals surface area contributed by atoms with Crippen molar-refractivity contribution >= 4 is 79.9 Å². The van der Waals surface area contributed by atoms with E-state index in [0.29, 0.717) is 11.3 Å². The number of pyridine rings is 1. The average Bonchev–Trinajstić information content (AvgIpc) is 3.41. The third kappa shape index (κ3) is 7.62. The first kappa shape index (κ1) is 35.6. The number of carbonyl (C=O) groups excluding carboxylic acids is 2. The van der Waals surface area contributed by atoms with Crippen LogP contribution < -0.4 is 10.6 Å². The number of halogens is 4. The molecule has 3 atom stereocenters. The molecule has 250 valence electrons. The number of nitrogens with one attached hydrogen (secondary N) is 2. The van der Waals surface area contributed by atoms with Gasteiger partial charge >= 0.3 is 5.97 Å². The molecule has 0 bridgehead atoms. The molecule has 1 saturated heterocycles. The van der Waals surface area contributed by atoms with Crippen molar-refractivity contribution in [1.82, 2.24) is 14.6 Å². The lowest BCUT2D eigenvalue weighted by Crippen LogP contribution is -2.58. The molecule has 10 nitrogen and oxygen atoms in total. The Morgan fingerprint density at radius 1 is 0.958 bits per heavy atom. The van der Waals surface area contributed by atoms with Crippen LogP contribution in [0.4, 0.5) is 5.69 Å². The van der Waals surface area contributed by atoms with Crippen molar-refractivity contribution in [2.24, 2.45) is 0 Å². The highest BCUT2D eigenvalue weighted by Gasteiger charge is 2.54. The van der Waals surface area contributed by atoms with Gasteiger partial charge in [-0.25, -0.2) is 13.2 Å². The summed E-state index contributed by atoms with van der Waals surface area (Å²) in [7, 11) is -4.33. The van der Waals surface area contributed by atoms with E-state index in [0.717, 1.165) is 9.87 Å². The van der Waals surface area contributed by atoms with E-state index in [1.165, 1.54) is 37.5 Å². The minimum Gasteiger partial charge on any atom is -0.480 e. The van der Waals surface area contributed by atoms with Gasteiger partial charge in [0.2, 0.25) is 15.9 Å². The fourth-order valence-corrected chi connectivity index (χ4v) is 8.73. The molecule has 48 heavy (non-hydrogen) atoms. The molecular formula is C33H28Cl4N4O6S.